The summed E-state index contributed by atoms with van der Waals surface area (Å²) in [5.74, 6) is 0.116. The van der Waals surface area contributed by atoms with Crippen molar-refractivity contribution in [2.24, 2.45) is 0 Å². The van der Waals surface area contributed by atoms with Gasteiger partial charge in [-0.3, -0.25) is 4.79 Å². The van der Waals surface area contributed by atoms with Gasteiger partial charge in [0.2, 0.25) is 17.6 Å². The van der Waals surface area contributed by atoms with Crippen molar-refractivity contribution in [3.05, 3.63) is 51.8 Å². The predicted molar refractivity (Wildman–Crippen MR) is 86.0 cm³/mol. The fourth-order valence-electron chi connectivity index (χ4n) is 1.88. The molecule has 8 heteroatoms. The molecule has 1 N–H and O–H groups in total. The summed E-state index contributed by atoms with van der Waals surface area (Å²) in [4.78, 5) is 16.1. The molecule has 0 aliphatic heterocycles. The van der Waals surface area contributed by atoms with E-state index >= 15 is 0 Å². The first kappa shape index (κ1) is 15.6. The Morgan fingerprint density at radius 3 is 3.00 bits per heavy atom. The molecule has 0 fully saturated rings. The highest BCUT2D eigenvalue weighted by molar-refractivity contribution is 7.08. The number of carbonyl (C=O) groups is 1. The van der Waals surface area contributed by atoms with Crippen LogP contribution in [0.4, 0.5) is 10.1 Å². The van der Waals surface area contributed by atoms with Gasteiger partial charge in [-0.15, -0.1) is 0 Å². The fraction of sp³-hybridized carbons (Fsp3) is 0.133. The number of carbonyl (C=O) groups excluding carboxylic acids is 1. The standard InChI is InChI=1S/C15H11ClFN3O2S/c16-11-7-10(1-2-12(11)17)18-13(21)3-4-14-19-15(20-22-14)9-5-6-23-8-9/h1-2,5-8H,3-4H2,(H,18,21). The van der Waals surface area contributed by atoms with Crippen molar-refractivity contribution in [1.82, 2.24) is 10.1 Å². The van der Waals surface area contributed by atoms with E-state index in [1.807, 2.05) is 16.8 Å². The number of hydrogen-bond acceptors (Lipinski definition) is 5. The van der Waals surface area contributed by atoms with E-state index in [-0.39, 0.29) is 17.4 Å². The van der Waals surface area contributed by atoms with Crippen molar-refractivity contribution in [3.63, 3.8) is 0 Å². The highest BCUT2D eigenvalue weighted by Crippen LogP contribution is 2.20. The minimum atomic E-state index is -0.531. The maximum atomic E-state index is 13.1. The van der Waals surface area contributed by atoms with Crippen molar-refractivity contribution >= 4 is 34.5 Å². The number of halogens is 2. The topological polar surface area (TPSA) is 68.0 Å². The molecule has 0 atom stereocenters. The monoisotopic (exact) mass is 351 g/mol. The zero-order chi connectivity index (χ0) is 16.2. The van der Waals surface area contributed by atoms with Crippen LogP contribution >= 0.6 is 22.9 Å². The van der Waals surface area contributed by atoms with Gasteiger partial charge >= 0.3 is 0 Å². The Hall–Kier alpha value is -2.25. The zero-order valence-corrected chi connectivity index (χ0v) is 13.3. The van der Waals surface area contributed by atoms with Crippen LogP contribution in [-0.2, 0) is 11.2 Å². The van der Waals surface area contributed by atoms with Crippen molar-refractivity contribution < 1.29 is 13.7 Å². The molecule has 0 saturated carbocycles. The van der Waals surface area contributed by atoms with E-state index in [2.05, 4.69) is 15.5 Å². The highest BCUT2D eigenvalue weighted by Gasteiger charge is 2.11. The average Bonchev–Trinajstić information content (AvgIpc) is 3.19. The number of benzene rings is 1. The molecule has 3 aromatic rings. The molecule has 0 aliphatic carbocycles. The molecule has 118 valence electrons. The molecular weight excluding hydrogens is 341 g/mol. The lowest BCUT2D eigenvalue weighted by atomic mass is 10.2. The summed E-state index contributed by atoms with van der Waals surface area (Å²) in [6.45, 7) is 0. The van der Waals surface area contributed by atoms with Crippen LogP contribution in [0.5, 0.6) is 0 Å². The molecule has 3 rings (SSSR count). The summed E-state index contributed by atoms with van der Waals surface area (Å²) in [6.07, 6.45) is 0.484. The van der Waals surface area contributed by atoms with E-state index < -0.39 is 5.82 Å². The van der Waals surface area contributed by atoms with Gasteiger partial charge in [-0.05, 0) is 29.6 Å². The Morgan fingerprint density at radius 1 is 1.39 bits per heavy atom. The predicted octanol–water partition coefficient (Wildman–Crippen LogP) is 4.16. The molecule has 2 heterocycles. The van der Waals surface area contributed by atoms with E-state index in [9.17, 15) is 9.18 Å². The molecule has 1 amide bonds. The first-order valence-corrected chi connectivity index (χ1v) is 8.04. The van der Waals surface area contributed by atoms with Crippen LogP contribution in [-0.4, -0.2) is 16.0 Å². The zero-order valence-electron chi connectivity index (χ0n) is 11.8. The third kappa shape index (κ3) is 3.94. The van der Waals surface area contributed by atoms with Crippen molar-refractivity contribution in [2.75, 3.05) is 5.32 Å². The molecule has 1 aromatic carbocycles. The highest BCUT2D eigenvalue weighted by atomic mass is 35.5. The number of nitrogens with zero attached hydrogens (tertiary/aromatic N) is 2. The van der Waals surface area contributed by atoms with Gasteiger partial charge in [0.05, 0.1) is 5.02 Å². The minimum absolute atomic E-state index is 0.0416. The number of amides is 1. The van der Waals surface area contributed by atoms with Crippen LogP contribution in [0, 0.1) is 5.82 Å². The molecule has 0 spiro atoms. The normalized spacial score (nSPS) is 10.7. The van der Waals surface area contributed by atoms with E-state index in [1.54, 1.807) is 11.3 Å². The number of hydrogen-bond donors (Lipinski definition) is 1. The number of aryl methyl sites for hydroxylation is 1. The van der Waals surface area contributed by atoms with Gasteiger partial charge in [0, 0.05) is 29.5 Å². The molecular formula is C15H11ClFN3O2S. The van der Waals surface area contributed by atoms with Crippen LogP contribution in [0.15, 0.2) is 39.5 Å². The summed E-state index contributed by atoms with van der Waals surface area (Å²) >= 11 is 7.21. The number of nitrogens with one attached hydrogen (secondary N) is 1. The summed E-state index contributed by atoms with van der Waals surface area (Å²) in [7, 11) is 0. The second-order valence-electron chi connectivity index (χ2n) is 4.70. The van der Waals surface area contributed by atoms with E-state index in [0.717, 1.165) is 5.56 Å². The number of aromatic nitrogens is 2. The summed E-state index contributed by atoms with van der Waals surface area (Å²) in [5, 5.41) is 10.3. The average molecular weight is 352 g/mol. The second-order valence-corrected chi connectivity index (χ2v) is 5.89. The fourth-order valence-corrected chi connectivity index (χ4v) is 2.70. The van der Waals surface area contributed by atoms with Gasteiger partial charge in [-0.25, -0.2) is 4.39 Å². The minimum Gasteiger partial charge on any atom is -0.339 e. The molecule has 23 heavy (non-hydrogen) atoms. The van der Waals surface area contributed by atoms with Gasteiger partial charge < -0.3 is 9.84 Å². The maximum absolute atomic E-state index is 13.1. The van der Waals surface area contributed by atoms with E-state index in [1.165, 1.54) is 18.2 Å². The first-order chi connectivity index (χ1) is 11.1. The Morgan fingerprint density at radius 2 is 2.26 bits per heavy atom. The summed E-state index contributed by atoms with van der Waals surface area (Å²) in [5.41, 5.74) is 1.32. The SMILES string of the molecule is O=C(CCc1nc(-c2ccsc2)no1)Nc1ccc(F)c(Cl)c1. The molecule has 0 saturated heterocycles. The Balaban J connectivity index is 1.55. The molecule has 5 nitrogen and oxygen atoms in total. The Kier molecular flexibility index (Phi) is 4.68. The van der Waals surface area contributed by atoms with Crippen LogP contribution < -0.4 is 5.32 Å². The van der Waals surface area contributed by atoms with Crippen molar-refractivity contribution in [1.29, 1.82) is 0 Å². The van der Waals surface area contributed by atoms with Crippen molar-refractivity contribution in [3.8, 4) is 11.4 Å². The molecule has 0 radical (unpaired) electrons. The van der Waals surface area contributed by atoms with Gasteiger partial charge in [-0.1, -0.05) is 16.8 Å². The largest absolute Gasteiger partial charge is 0.339 e. The molecule has 0 bridgehead atoms. The maximum Gasteiger partial charge on any atom is 0.227 e. The van der Waals surface area contributed by atoms with Gasteiger partial charge in [0.25, 0.3) is 0 Å². The number of rotatable bonds is 5. The molecule has 2 aromatic heterocycles. The van der Waals surface area contributed by atoms with Gasteiger partial charge in [0.1, 0.15) is 5.82 Å². The lowest BCUT2D eigenvalue weighted by Gasteiger charge is -2.04. The molecule has 0 aliphatic rings. The van der Waals surface area contributed by atoms with Crippen LogP contribution in [0.1, 0.15) is 12.3 Å². The first-order valence-electron chi connectivity index (χ1n) is 6.72. The Labute approximate surface area is 140 Å². The van der Waals surface area contributed by atoms with Crippen LogP contribution in [0.2, 0.25) is 5.02 Å². The number of anilines is 1. The third-order valence-corrected chi connectivity index (χ3v) is 3.99. The van der Waals surface area contributed by atoms with E-state index in [0.29, 0.717) is 23.8 Å². The smallest absolute Gasteiger partial charge is 0.227 e. The molecule has 0 unspecified atom stereocenters. The van der Waals surface area contributed by atoms with Crippen LogP contribution in [0.3, 0.4) is 0 Å². The van der Waals surface area contributed by atoms with Gasteiger partial charge in [-0.2, -0.15) is 16.3 Å². The quantitative estimate of drug-likeness (QED) is 0.749. The lowest BCUT2D eigenvalue weighted by molar-refractivity contribution is -0.116. The second kappa shape index (κ2) is 6.89. The summed E-state index contributed by atoms with van der Waals surface area (Å²) in [6, 6.07) is 5.89. The number of thiophene rings is 1. The Bertz CT molecular complexity index is 820. The van der Waals surface area contributed by atoms with Gasteiger partial charge in [0.15, 0.2) is 0 Å². The van der Waals surface area contributed by atoms with Crippen molar-refractivity contribution in [2.45, 2.75) is 12.8 Å². The van der Waals surface area contributed by atoms with E-state index in [4.69, 9.17) is 16.1 Å². The summed E-state index contributed by atoms with van der Waals surface area (Å²) < 4.78 is 18.2. The lowest BCUT2D eigenvalue weighted by Crippen LogP contribution is -2.12. The third-order valence-electron chi connectivity index (χ3n) is 3.02. The van der Waals surface area contributed by atoms with Crippen LogP contribution in [0.25, 0.3) is 11.4 Å².